The molecule has 2 aromatic carbocycles. The molecule has 0 bridgehead atoms. The van der Waals surface area contributed by atoms with E-state index < -0.39 is 16.7 Å². The fraction of sp³-hybridized carbons (Fsp3) is 0.227. The molecule has 1 atom stereocenters. The zero-order valence-corrected chi connectivity index (χ0v) is 18.5. The lowest BCUT2D eigenvalue weighted by molar-refractivity contribution is -0.384. The quantitative estimate of drug-likeness (QED) is 0.241. The number of nitrogens with zero attached hydrogens (tertiary/aromatic N) is 1. The normalized spacial score (nSPS) is 11.4. The third-order valence-corrected chi connectivity index (χ3v) is 4.69. The second-order valence-corrected chi connectivity index (χ2v) is 7.22. The summed E-state index contributed by atoms with van der Waals surface area (Å²) in [6.07, 6.45) is 3.52. The van der Waals surface area contributed by atoms with E-state index in [2.05, 4.69) is 30.0 Å². The van der Waals surface area contributed by atoms with Gasteiger partial charge in [0.05, 0.1) is 4.92 Å². The third-order valence-electron chi connectivity index (χ3n) is 4.48. The molecule has 32 heavy (non-hydrogen) atoms. The van der Waals surface area contributed by atoms with Crippen molar-refractivity contribution in [3.8, 4) is 5.75 Å². The van der Waals surface area contributed by atoms with Gasteiger partial charge >= 0.3 is 0 Å². The molecule has 3 N–H and O–H groups in total. The highest BCUT2D eigenvalue weighted by atomic mass is 32.1. The van der Waals surface area contributed by atoms with Crippen molar-refractivity contribution >= 4 is 40.9 Å². The summed E-state index contributed by atoms with van der Waals surface area (Å²) >= 11 is 4.96. The van der Waals surface area contributed by atoms with Gasteiger partial charge in [0.15, 0.2) is 11.7 Å². The lowest BCUT2D eigenvalue weighted by atomic mass is 9.98. The van der Waals surface area contributed by atoms with Crippen LogP contribution in [0, 0.1) is 10.1 Å². The van der Waals surface area contributed by atoms with Crippen molar-refractivity contribution in [3.63, 3.8) is 0 Å². The number of ether oxygens (including phenoxy) is 1. The number of rotatable bonds is 8. The van der Waals surface area contributed by atoms with Crippen LogP contribution in [-0.2, 0) is 9.59 Å². The highest BCUT2D eigenvalue weighted by Crippen LogP contribution is 2.28. The molecule has 10 heteroatoms. The molecular weight excluding hydrogens is 432 g/mol. The lowest BCUT2D eigenvalue weighted by Gasteiger charge is -2.16. The number of benzene rings is 2. The number of para-hydroxylation sites is 1. The first kappa shape index (κ1) is 24.5. The Morgan fingerprint density at radius 1 is 1.19 bits per heavy atom. The molecule has 2 aromatic rings. The highest BCUT2D eigenvalue weighted by molar-refractivity contribution is 7.80. The number of nitro groups is 1. The first-order valence-corrected chi connectivity index (χ1v) is 10.2. The molecule has 0 spiro atoms. The largest absolute Gasteiger partial charge is 0.483 e. The summed E-state index contributed by atoms with van der Waals surface area (Å²) in [7, 11) is 0. The zero-order chi connectivity index (χ0) is 23.5. The molecule has 0 saturated carbocycles. The SMILES string of the molecule is CCC(C)c1ccccc1OCC(=O)NNC(=S)NC(=O)/C=C/c1cccc([N+](=O)[O-])c1. The minimum absolute atomic E-state index is 0.0820. The van der Waals surface area contributed by atoms with Crippen molar-refractivity contribution < 1.29 is 19.2 Å². The van der Waals surface area contributed by atoms with Gasteiger partial charge in [0.25, 0.3) is 11.6 Å². The van der Waals surface area contributed by atoms with E-state index in [0.717, 1.165) is 12.0 Å². The van der Waals surface area contributed by atoms with Gasteiger partial charge in [-0.2, -0.15) is 0 Å². The number of nitrogens with one attached hydrogen (secondary N) is 3. The van der Waals surface area contributed by atoms with Crippen LogP contribution in [0.25, 0.3) is 6.08 Å². The number of non-ortho nitro benzene ring substituents is 1. The van der Waals surface area contributed by atoms with Crippen LogP contribution in [0.1, 0.15) is 37.3 Å². The standard InChI is InChI=1S/C22H24N4O5S/c1-3-15(2)18-9-4-5-10-19(18)31-14-21(28)24-25-22(32)23-20(27)12-11-16-7-6-8-17(13-16)26(29)30/h4-13,15H,3,14H2,1-2H3,(H,24,28)(H2,23,25,27,32)/b12-11+. The van der Waals surface area contributed by atoms with Gasteiger partial charge in [-0.1, -0.05) is 44.2 Å². The van der Waals surface area contributed by atoms with Crippen LogP contribution in [0.4, 0.5) is 5.69 Å². The second-order valence-electron chi connectivity index (χ2n) is 6.81. The number of carbonyl (C=O) groups excluding carboxylic acids is 2. The predicted molar refractivity (Wildman–Crippen MR) is 125 cm³/mol. The summed E-state index contributed by atoms with van der Waals surface area (Å²) in [5, 5.41) is 13.0. The van der Waals surface area contributed by atoms with Crippen LogP contribution < -0.4 is 20.9 Å². The highest BCUT2D eigenvalue weighted by Gasteiger charge is 2.11. The van der Waals surface area contributed by atoms with Crippen LogP contribution in [0.15, 0.2) is 54.6 Å². The van der Waals surface area contributed by atoms with Crippen LogP contribution in [0.2, 0.25) is 0 Å². The van der Waals surface area contributed by atoms with E-state index in [4.69, 9.17) is 17.0 Å². The van der Waals surface area contributed by atoms with E-state index in [1.807, 2.05) is 18.2 Å². The maximum absolute atomic E-state index is 12.0. The Morgan fingerprint density at radius 2 is 1.94 bits per heavy atom. The van der Waals surface area contributed by atoms with Gasteiger partial charge in [-0.05, 0) is 47.8 Å². The molecule has 0 heterocycles. The Morgan fingerprint density at radius 3 is 2.66 bits per heavy atom. The molecule has 9 nitrogen and oxygen atoms in total. The van der Waals surface area contributed by atoms with Gasteiger partial charge in [-0.15, -0.1) is 0 Å². The van der Waals surface area contributed by atoms with Gasteiger partial charge in [0.2, 0.25) is 5.91 Å². The molecule has 0 aliphatic carbocycles. The molecule has 168 valence electrons. The van der Waals surface area contributed by atoms with E-state index >= 15 is 0 Å². The summed E-state index contributed by atoms with van der Waals surface area (Å²) in [5.74, 6) is -0.112. The fourth-order valence-corrected chi connectivity index (χ4v) is 2.80. The van der Waals surface area contributed by atoms with Crippen LogP contribution in [0.3, 0.4) is 0 Å². The molecule has 0 saturated heterocycles. The minimum atomic E-state index is -0.568. The number of hydrogen-bond donors (Lipinski definition) is 3. The molecular formula is C22H24N4O5S. The average Bonchev–Trinajstić information content (AvgIpc) is 2.79. The van der Waals surface area contributed by atoms with E-state index in [-0.39, 0.29) is 17.4 Å². The summed E-state index contributed by atoms with van der Waals surface area (Å²) in [4.78, 5) is 34.2. The van der Waals surface area contributed by atoms with E-state index in [1.54, 1.807) is 12.1 Å². The number of carbonyl (C=O) groups is 2. The van der Waals surface area contributed by atoms with Crippen LogP contribution >= 0.6 is 12.2 Å². The van der Waals surface area contributed by atoms with Gasteiger partial charge in [-0.25, -0.2) is 0 Å². The Hall–Kier alpha value is -3.79. The Bertz CT molecular complexity index is 1020. The number of hydrogen-bond acceptors (Lipinski definition) is 6. The molecule has 0 radical (unpaired) electrons. The van der Waals surface area contributed by atoms with Crippen LogP contribution in [0.5, 0.6) is 5.75 Å². The molecule has 2 rings (SSSR count). The number of nitro benzene ring substituents is 1. The van der Waals surface area contributed by atoms with E-state index in [9.17, 15) is 19.7 Å². The molecule has 0 aliphatic heterocycles. The molecule has 0 aromatic heterocycles. The summed E-state index contributed by atoms with van der Waals surface area (Å²) in [6.45, 7) is 3.92. The molecule has 1 unspecified atom stereocenters. The molecule has 0 aliphatic rings. The number of thiocarbonyl (C=S) groups is 1. The zero-order valence-electron chi connectivity index (χ0n) is 17.7. The number of amides is 2. The van der Waals surface area contributed by atoms with Crippen molar-refractivity contribution in [3.05, 3.63) is 75.8 Å². The number of hydrazine groups is 1. The maximum Gasteiger partial charge on any atom is 0.276 e. The van der Waals surface area contributed by atoms with E-state index in [0.29, 0.717) is 17.2 Å². The smallest absolute Gasteiger partial charge is 0.276 e. The van der Waals surface area contributed by atoms with Crippen molar-refractivity contribution in [1.82, 2.24) is 16.2 Å². The van der Waals surface area contributed by atoms with Crippen LogP contribution in [-0.4, -0.2) is 28.5 Å². The topological polar surface area (TPSA) is 123 Å². The van der Waals surface area contributed by atoms with Gasteiger partial charge in [0, 0.05) is 18.2 Å². The minimum Gasteiger partial charge on any atom is -0.483 e. The van der Waals surface area contributed by atoms with Gasteiger partial charge < -0.3 is 4.74 Å². The summed E-state index contributed by atoms with van der Waals surface area (Å²) in [6, 6.07) is 13.3. The Labute approximate surface area is 191 Å². The maximum atomic E-state index is 12.0. The Kier molecular flexibility index (Phi) is 9.30. The van der Waals surface area contributed by atoms with Crippen molar-refractivity contribution in [2.75, 3.05) is 6.61 Å². The second kappa shape index (κ2) is 12.2. The third kappa shape index (κ3) is 7.80. The Balaban J connectivity index is 1.78. The summed E-state index contributed by atoms with van der Waals surface area (Å²) < 4.78 is 5.61. The summed E-state index contributed by atoms with van der Waals surface area (Å²) in [5.41, 5.74) is 6.19. The molecule has 0 fully saturated rings. The lowest BCUT2D eigenvalue weighted by Crippen LogP contribution is -2.49. The van der Waals surface area contributed by atoms with Gasteiger partial charge in [0.1, 0.15) is 5.75 Å². The monoisotopic (exact) mass is 456 g/mol. The fourth-order valence-electron chi connectivity index (χ4n) is 2.64. The first-order valence-electron chi connectivity index (χ1n) is 9.84. The van der Waals surface area contributed by atoms with Crippen molar-refractivity contribution in [1.29, 1.82) is 0 Å². The van der Waals surface area contributed by atoms with Gasteiger partial charge in [-0.3, -0.25) is 35.9 Å². The first-order chi connectivity index (χ1) is 15.3. The average molecular weight is 457 g/mol. The van der Waals surface area contributed by atoms with Crippen molar-refractivity contribution in [2.24, 2.45) is 0 Å². The van der Waals surface area contributed by atoms with Crippen molar-refractivity contribution in [2.45, 2.75) is 26.2 Å². The molecule has 2 amide bonds. The van der Waals surface area contributed by atoms with E-state index in [1.165, 1.54) is 30.4 Å². The predicted octanol–water partition coefficient (Wildman–Crippen LogP) is 3.22.